The number of aliphatic imine (C=N–C) groups is 1. The van der Waals surface area contributed by atoms with Crippen molar-refractivity contribution in [2.75, 3.05) is 25.6 Å². The lowest BCUT2D eigenvalue weighted by molar-refractivity contribution is 0.103. The minimum atomic E-state index is -0.600. The molecule has 16 heavy (non-hydrogen) atoms. The maximum Gasteiger partial charge on any atom is 0.269 e. The van der Waals surface area contributed by atoms with Crippen LogP contribution in [0, 0.1) is 0 Å². The standard InChI is InChI=1S/C8H10ClN5O2/c1-12-8(16-2)4(15)3-6(10)14-7(11)5(9)13-3/h1-2H3,(H4,10,11,14). The number of ketones is 1. The molecule has 0 spiro atoms. The predicted molar refractivity (Wildman–Crippen MR) is 60.6 cm³/mol. The number of methoxy groups -OCH3 is 1. The summed E-state index contributed by atoms with van der Waals surface area (Å²) in [4.78, 5) is 22.8. The van der Waals surface area contributed by atoms with Crippen molar-refractivity contribution in [1.82, 2.24) is 9.97 Å². The molecule has 0 bridgehead atoms. The molecule has 4 N–H and O–H groups in total. The van der Waals surface area contributed by atoms with E-state index in [9.17, 15) is 4.79 Å². The first-order valence-electron chi connectivity index (χ1n) is 4.15. The Bertz CT molecular complexity index is 460. The highest BCUT2D eigenvalue weighted by Crippen LogP contribution is 2.18. The molecule has 86 valence electrons. The molecule has 0 radical (unpaired) electrons. The van der Waals surface area contributed by atoms with E-state index in [1.807, 2.05) is 0 Å². The van der Waals surface area contributed by atoms with Gasteiger partial charge in [0.05, 0.1) is 7.11 Å². The maximum absolute atomic E-state index is 11.8. The van der Waals surface area contributed by atoms with Crippen LogP contribution in [-0.4, -0.2) is 35.8 Å². The average molecular weight is 244 g/mol. The zero-order valence-corrected chi connectivity index (χ0v) is 9.45. The number of nitrogen functional groups attached to an aromatic ring is 2. The molecule has 0 unspecified atom stereocenters. The summed E-state index contributed by atoms with van der Waals surface area (Å²) < 4.78 is 4.74. The molecule has 0 saturated heterocycles. The van der Waals surface area contributed by atoms with E-state index in [2.05, 4.69) is 15.0 Å². The van der Waals surface area contributed by atoms with Gasteiger partial charge in [0.15, 0.2) is 22.5 Å². The van der Waals surface area contributed by atoms with Gasteiger partial charge >= 0.3 is 0 Å². The topological polar surface area (TPSA) is 116 Å². The number of nitrogens with two attached hydrogens (primary N) is 2. The fourth-order valence-corrected chi connectivity index (χ4v) is 1.12. The van der Waals surface area contributed by atoms with Crippen LogP contribution in [0.1, 0.15) is 10.5 Å². The summed E-state index contributed by atoms with van der Waals surface area (Å²) >= 11 is 5.63. The molecule has 7 nitrogen and oxygen atoms in total. The van der Waals surface area contributed by atoms with Crippen LogP contribution in [0.15, 0.2) is 4.99 Å². The molecule has 0 amide bonds. The molecule has 0 aliphatic heterocycles. The Hall–Kier alpha value is -1.89. The SMILES string of the molecule is CN=C(OC)C(=O)c1nc(Cl)c(N)nc1N. The Morgan fingerprint density at radius 3 is 2.50 bits per heavy atom. The number of Topliss-reactive ketones (excluding diaryl/α,β-unsaturated/α-hetero) is 1. The van der Waals surface area contributed by atoms with E-state index in [1.54, 1.807) is 0 Å². The van der Waals surface area contributed by atoms with Gasteiger partial charge in [0.2, 0.25) is 0 Å². The van der Waals surface area contributed by atoms with E-state index < -0.39 is 5.78 Å². The number of anilines is 2. The predicted octanol–water partition coefficient (Wildman–Crippen LogP) is 0.152. The third-order valence-electron chi connectivity index (χ3n) is 1.71. The third kappa shape index (κ3) is 2.19. The van der Waals surface area contributed by atoms with Gasteiger partial charge in [-0.1, -0.05) is 11.6 Å². The van der Waals surface area contributed by atoms with Crippen LogP contribution >= 0.6 is 11.6 Å². The van der Waals surface area contributed by atoms with Crippen molar-refractivity contribution in [2.24, 2.45) is 4.99 Å². The van der Waals surface area contributed by atoms with Crippen molar-refractivity contribution < 1.29 is 9.53 Å². The van der Waals surface area contributed by atoms with Crippen molar-refractivity contribution in [1.29, 1.82) is 0 Å². The Morgan fingerprint density at radius 2 is 2.00 bits per heavy atom. The molecule has 1 aromatic heterocycles. The molecular weight excluding hydrogens is 234 g/mol. The number of halogens is 1. The highest BCUT2D eigenvalue weighted by atomic mass is 35.5. The van der Waals surface area contributed by atoms with E-state index in [0.717, 1.165) is 0 Å². The van der Waals surface area contributed by atoms with Crippen molar-refractivity contribution in [3.8, 4) is 0 Å². The third-order valence-corrected chi connectivity index (χ3v) is 1.99. The summed E-state index contributed by atoms with van der Waals surface area (Å²) in [5.74, 6) is -0.896. The van der Waals surface area contributed by atoms with E-state index in [-0.39, 0.29) is 28.4 Å². The largest absolute Gasteiger partial charge is 0.478 e. The van der Waals surface area contributed by atoms with Gasteiger partial charge in [0, 0.05) is 7.05 Å². The average Bonchev–Trinajstić information content (AvgIpc) is 2.25. The summed E-state index contributed by atoms with van der Waals surface area (Å²) in [6, 6.07) is 0. The molecule has 1 aromatic rings. The van der Waals surface area contributed by atoms with Gasteiger partial charge in [-0.2, -0.15) is 0 Å². The smallest absolute Gasteiger partial charge is 0.269 e. The zero-order valence-electron chi connectivity index (χ0n) is 8.69. The van der Waals surface area contributed by atoms with Gasteiger partial charge in [-0.3, -0.25) is 9.79 Å². The van der Waals surface area contributed by atoms with Gasteiger partial charge in [-0.05, 0) is 0 Å². The van der Waals surface area contributed by atoms with Gasteiger partial charge in [0.25, 0.3) is 11.7 Å². The molecular formula is C8H10ClN5O2. The number of hydrogen-bond acceptors (Lipinski definition) is 7. The molecule has 0 aliphatic rings. The van der Waals surface area contributed by atoms with Crippen LogP contribution in [0.2, 0.25) is 5.15 Å². The molecule has 1 heterocycles. The number of nitrogens with zero attached hydrogens (tertiary/aromatic N) is 3. The van der Waals surface area contributed by atoms with E-state index in [1.165, 1.54) is 14.2 Å². The Labute approximate surface area is 96.5 Å². The lowest BCUT2D eigenvalue weighted by Crippen LogP contribution is -2.20. The van der Waals surface area contributed by atoms with E-state index in [0.29, 0.717) is 0 Å². The second-order valence-electron chi connectivity index (χ2n) is 2.70. The number of aromatic nitrogens is 2. The normalized spacial score (nSPS) is 11.3. The molecule has 0 aromatic carbocycles. The fourth-order valence-electron chi connectivity index (χ4n) is 0.995. The monoisotopic (exact) mass is 243 g/mol. The van der Waals surface area contributed by atoms with E-state index in [4.69, 9.17) is 27.8 Å². The Morgan fingerprint density at radius 1 is 1.38 bits per heavy atom. The van der Waals surface area contributed by atoms with Gasteiger partial charge in [-0.25, -0.2) is 9.97 Å². The highest BCUT2D eigenvalue weighted by molar-refractivity contribution is 6.43. The van der Waals surface area contributed by atoms with Crippen LogP contribution in [0.3, 0.4) is 0 Å². The minimum Gasteiger partial charge on any atom is -0.478 e. The van der Waals surface area contributed by atoms with Crippen molar-refractivity contribution in [2.45, 2.75) is 0 Å². The number of ether oxygens (including phenoxy) is 1. The number of carbonyl (C=O) groups excluding carboxylic acids is 1. The Balaban J connectivity index is 3.24. The van der Waals surface area contributed by atoms with Crippen LogP contribution in [0.4, 0.5) is 11.6 Å². The molecule has 0 aliphatic carbocycles. The minimum absolute atomic E-state index is 0.0388. The molecule has 8 heteroatoms. The summed E-state index contributed by atoms with van der Waals surface area (Å²) in [5, 5.41) is -0.0934. The number of carbonyl (C=O) groups is 1. The first-order valence-corrected chi connectivity index (χ1v) is 4.53. The molecule has 0 saturated carbocycles. The highest BCUT2D eigenvalue weighted by Gasteiger charge is 2.21. The van der Waals surface area contributed by atoms with Gasteiger partial charge in [-0.15, -0.1) is 0 Å². The zero-order chi connectivity index (χ0) is 12.3. The second kappa shape index (κ2) is 4.75. The van der Waals surface area contributed by atoms with Crippen LogP contribution in [0.5, 0.6) is 0 Å². The van der Waals surface area contributed by atoms with Crippen LogP contribution in [-0.2, 0) is 4.74 Å². The molecule has 1 rings (SSSR count). The summed E-state index contributed by atoms with van der Waals surface area (Å²) in [5.41, 5.74) is 10.7. The number of hydrogen-bond donors (Lipinski definition) is 2. The fraction of sp³-hybridized carbons (Fsp3) is 0.250. The lowest BCUT2D eigenvalue weighted by atomic mass is 10.2. The van der Waals surface area contributed by atoms with E-state index >= 15 is 0 Å². The lowest BCUT2D eigenvalue weighted by Gasteiger charge is -2.06. The van der Waals surface area contributed by atoms with Crippen molar-refractivity contribution in [3.05, 3.63) is 10.8 Å². The molecule has 0 atom stereocenters. The van der Waals surface area contributed by atoms with Gasteiger partial charge < -0.3 is 16.2 Å². The number of rotatable bonds is 2. The maximum atomic E-state index is 11.8. The second-order valence-corrected chi connectivity index (χ2v) is 3.05. The summed E-state index contributed by atoms with van der Waals surface area (Å²) in [7, 11) is 2.71. The molecule has 0 fully saturated rings. The summed E-state index contributed by atoms with van der Waals surface area (Å²) in [6.45, 7) is 0. The van der Waals surface area contributed by atoms with Crippen LogP contribution in [0.25, 0.3) is 0 Å². The van der Waals surface area contributed by atoms with Crippen molar-refractivity contribution in [3.63, 3.8) is 0 Å². The summed E-state index contributed by atoms with van der Waals surface area (Å²) in [6.07, 6.45) is 0. The quantitative estimate of drug-likeness (QED) is 0.434. The van der Waals surface area contributed by atoms with Crippen LogP contribution < -0.4 is 11.5 Å². The van der Waals surface area contributed by atoms with Crippen molar-refractivity contribution >= 4 is 34.9 Å². The first-order chi connectivity index (χ1) is 7.51. The Kier molecular flexibility index (Phi) is 3.62. The first kappa shape index (κ1) is 12.2. The van der Waals surface area contributed by atoms with Gasteiger partial charge in [0.1, 0.15) is 0 Å².